The van der Waals surface area contributed by atoms with Crippen molar-refractivity contribution in [2.75, 3.05) is 5.32 Å². The largest absolute Gasteiger partial charge is 0.318 e. The van der Waals surface area contributed by atoms with Gasteiger partial charge in [-0.1, -0.05) is 56.4 Å². The molecule has 0 bridgehead atoms. The van der Waals surface area contributed by atoms with Crippen LogP contribution in [0.15, 0.2) is 51.7 Å². The molecule has 2 aromatic heterocycles. The highest BCUT2D eigenvalue weighted by molar-refractivity contribution is 9.10. The number of benzene rings is 2. The molecule has 8 nitrogen and oxygen atoms in total. The average Bonchev–Trinajstić information content (AvgIpc) is 3.16. The molecule has 0 radical (unpaired) electrons. The number of halogens is 3. The van der Waals surface area contributed by atoms with Crippen molar-refractivity contribution in [1.29, 1.82) is 0 Å². The van der Waals surface area contributed by atoms with Crippen LogP contribution in [0.4, 0.5) is 11.6 Å². The van der Waals surface area contributed by atoms with Crippen LogP contribution in [0, 0.1) is 0 Å². The summed E-state index contributed by atoms with van der Waals surface area (Å²) in [5.74, 6) is 0.354. The van der Waals surface area contributed by atoms with E-state index in [1.807, 2.05) is 24.3 Å². The van der Waals surface area contributed by atoms with Gasteiger partial charge in [-0.15, -0.1) is 0 Å². The van der Waals surface area contributed by atoms with Crippen molar-refractivity contribution < 1.29 is 0 Å². The fourth-order valence-electron chi connectivity index (χ4n) is 3.41. The molecule has 0 amide bonds. The van der Waals surface area contributed by atoms with Crippen molar-refractivity contribution in [1.82, 2.24) is 30.4 Å². The molecule has 0 spiro atoms. The fourth-order valence-corrected chi connectivity index (χ4v) is 4.32. The van der Waals surface area contributed by atoms with Gasteiger partial charge in [0.15, 0.2) is 0 Å². The zero-order valence-corrected chi connectivity index (χ0v) is 17.5. The Morgan fingerprint density at radius 1 is 1.14 bits per heavy atom. The van der Waals surface area contributed by atoms with E-state index in [1.165, 1.54) is 0 Å². The highest BCUT2D eigenvalue weighted by Crippen LogP contribution is 2.43. The molecule has 2 aromatic carbocycles. The first-order chi connectivity index (χ1) is 14.0. The van der Waals surface area contributed by atoms with E-state index in [9.17, 15) is 4.79 Å². The van der Waals surface area contributed by atoms with Gasteiger partial charge < -0.3 is 5.32 Å². The molecular formula is C18H10BrCl2N7O. The molecule has 0 unspecified atom stereocenters. The van der Waals surface area contributed by atoms with Gasteiger partial charge in [0.25, 0.3) is 5.56 Å². The lowest BCUT2D eigenvalue weighted by Gasteiger charge is -2.28. The van der Waals surface area contributed by atoms with E-state index in [0.29, 0.717) is 38.5 Å². The van der Waals surface area contributed by atoms with E-state index in [0.717, 1.165) is 10.0 Å². The molecule has 0 fully saturated rings. The first-order valence-electron chi connectivity index (χ1n) is 8.41. The number of hydrogen-bond acceptors (Lipinski definition) is 6. The third-order valence-corrected chi connectivity index (χ3v) is 5.66. The molecule has 144 valence electrons. The lowest BCUT2D eigenvalue weighted by Crippen LogP contribution is -2.29. The van der Waals surface area contributed by atoms with Gasteiger partial charge in [0.2, 0.25) is 5.95 Å². The molecule has 29 heavy (non-hydrogen) atoms. The smallest absolute Gasteiger partial charge is 0.288 e. The lowest BCUT2D eigenvalue weighted by atomic mass is 9.92. The molecule has 0 aliphatic carbocycles. The Morgan fingerprint density at radius 3 is 2.79 bits per heavy atom. The van der Waals surface area contributed by atoms with Crippen LogP contribution < -0.4 is 10.9 Å². The topological polar surface area (TPSA) is 101 Å². The number of tetrazole rings is 1. The number of anilines is 2. The van der Waals surface area contributed by atoms with Crippen LogP contribution in [0.3, 0.4) is 0 Å². The van der Waals surface area contributed by atoms with Gasteiger partial charge in [0, 0.05) is 20.6 Å². The molecule has 1 aliphatic rings. The summed E-state index contributed by atoms with van der Waals surface area (Å²) < 4.78 is 2.49. The second kappa shape index (κ2) is 6.94. The number of rotatable bonds is 2. The fraction of sp³-hybridized carbons (Fsp3) is 0.0556. The summed E-state index contributed by atoms with van der Waals surface area (Å²) in [5, 5.41) is 22.6. The molecule has 11 heteroatoms. The van der Waals surface area contributed by atoms with Gasteiger partial charge >= 0.3 is 0 Å². The minimum Gasteiger partial charge on any atom is -0.318 e. The number of H-pyrrole nitrogens is 1. The number of fused-ring (bicyclic) bond motifs is 2. The first-order valence-corrected chi connectivity index (χ1v) is 9.96. The summed E-state index contributed by atoms with van der Waals surface area (Å²) in [6.07, 6.45) is 0. The molecule has 2 N–H and O–H groups in total. The molecule has 1 atom stereocenters. The Kier molecular flexibility index (Phi) is 4.38. The third-order valence-electron chi connectivity index (χ3n) is 4.62. The van der Waals surface area contributed by atoms with Crippen molar-refractivity contribution in [3.05, 3.63) is 78.5 Å². The Labute approximate surface area is 182 Å². The van der Waals surface area contributed by atoms with E-state index in [4.69, 9.17) is 23.2 Å². The van der Waals surface area contributed by atoms with Crippen LogP contribution in [0.5, 0.6) is 0 Å². The van der Waals surface area contributed by atoms with Crippen molar-refractivity contribution in [3.63, 3.8) is 0 Å². The summed E-state index contributed by atoms with van der Waals surface area (Å²) in [7, 11) is 0. The molecule has 4 aromatic rings. The maximum atomic E-state index is 12.6. The molecule has 5 rings (SSSR count). The second-order valence-corrected chi connectivity index (χ2v) is 8.10. The van der Waals surface area contributed by atoms with Gasteiger partial charge in [0.05, 0.1) is 5.02 Å². The predicted octanol–water partition coefficient (Wildman–Crippen LogP) is 4.19. The molecule has 1 aliphatic heterocycles. The van der Waals surface area contributed by atoms with Crippen LogP contribution in [0.25, 0.3) is 11.3 Å². The Morgan fingerprint density at radius 2 is 2.00 bits per heavy atom. The number of nitrogens with zero attached hydrogens (tertiary/aromatic N) is 5. The monoisotopic (exact) mass is 489 g/mol. The van der Waals surface area contributed by atoms with Crippen LogP contribution >= 0.6 is 39.1 Å². The van der Waals surface area contributed by atoms with Crippen LogP contribution in [-0.2, 0) is 0 Å². The normalized spacial score (nSPS) is 14.8. The highest BCUT2D eigenvalue weighted by Gasteiger charge is 2.34. The Balaban J connectivity index is 1.84. The summed E-state index contributed by atoms with van der Waals surface area (Å²) in [6.45, 7) is 0. The van der Waals surface area contributed by atoms with E-state index in [2.05, 4.69) is 47.0 Å². The van der Waals surface area contributed by atoms with E-state index in [-0.39, 0.29) is 5.56 Å². The predicted molar refractivity (Wildman–Crippen MR) is 113 cm³/mol. The van der Waals surface area contributed by atoms with Gasteiger partial charge in [-0.3, -0.25) is 4.79 Å². The van der Waals surface area contributed by atoms with Gasteiger partial charge in [-0.2, -0.15) is 9.78 Å². The van der Waals surface area contributed by atoms with Crippen molar-refractivity contribution in [2.45, 2.75) is 6.04 Å². The van der Waals surface area contributed by atoms with Crippen molar-refractivity contribution >= 4 is 50.8 Å². The zero-order chi connectivity index (χ0) is 20.1. The SMILES string of the molecule is O=c1[nH]nc(-c2ccc(Cl)cc2Cl)c2c1Nc1nnnn1[C@@H]2c1cccc(Br)c1. The lowest BCUT2D eigenvalue weighted by molar-refractivity contribution is 0.567. The maximum absolute atomic E-state index is 12.6. The first kappa shape index (κ1) is 18.3. The number of aromatic nitrogens is 6. The van der Waals surface area contributed by atoms with E-state index < -0.39 is 6.04 Å². The summed E-state index contributed by atoms with van der Waals surface area (Å²) in [4.78, 5) is 12.6. The van der Waals surface area contributed by atoms with Gasteiger partial charge in [0.1, 0.15) is 17.4 Å². The minimum atomic E-state index is -0.495. The Hall–Kier alpha value is -2.75. The van der Waals surface area contributed by atoms with Crippen LogP contribution in [0.2, 0.25) is 10.0 Å². The second-order valence-electron chi connectivity index (χ2n) is 6.34. The number of aromatic amines is 1. The van der Waals surface area contributed by atoms with Crippen molar-refractivity contribution in [3.8, 4) is 11.3 Å². The molecule has 0 saturated heterocycles. The maximum Gasteiger partial charge on any atom is 0.288 e. The Bertz CT molecular complexity index is 1320. The quantitative estimate of drug-likeness (QED) is 0.384. The summed E-state index contributed by atoms with van der Waals surface area (Å²) >= 11 is 16.0. The van der Waals surface area contributed by atoms with E-state index >= 15 is 0 Å². The van der Waals surface area contributed by atoms with Crippen molar-refractivity contribution in [2.24, 2.45) is 0 Å². The molecular weight excluding hydrogens is 481 g/mol. The number of nitrogens with one attached hydrogen (secondary N) is 2. The van der Waals surface area contributed by atoms with E-state index in [1.54, 1.807) is 22.9 Å². The molecule has 0 saturated carbocycles. The van der Waals surface area contributed by atoms with Crippen LogP contribution in [0.1, 0.15) is 17.2 Å². The summed E-state index contributed by atoms with van der Waals surface area (Å²) in [6, 6.07) is 12.3. The molecule has 3 heterocycles. The zero-order valence-electron chi connectivity index (χ0n) is 14.4. The standard InChI is InChI=1S/C18H10BrCl2N7O/c19-9-3-1-2-8(6-9)16-13-14(11-5-4-10(20)7-12(11)21)23-24-17(29)15(13)22-18-25-26-27-28(16)18/h1-7,16H,(H,24,29)(H,22,25,27)/t16-/m1/s1. The average molecular weight is 491 g/mol. The van der Waals surface area contributed by atoms with Gasteiger partial charge in [-0.25, -0.2) is 5.10 Å². The number of hydrogen-bond donors (Lipinski definition) is 2. The van der Waals surface area contributed by atoms with Gasteiger partial charge in [-0.05, 0) is 46.3 Å². The van der Waals surface area contributed by atoms with Crippen LogP contribution in [-0.4, -0.2) is 30.4 Å². The summed E-state index contributed by atoms with van der Waals surface area (Å²) in [5.41, 5.74) is 2.53. The highest BCUT2D eigenvalue weighted by atomic mass is 79.9. The third kappa shape index (κ3) is 3.02. The minimum absolute atomic E-state index is 0.313.